The molecular weight excluding hydrogens is 333 g/mol. The van der Waals surface area contributed by atoms with Gasteiger partial charge in [0.15, 0.2) is 5.82 Å². The summed E-state index contributed by atoms with van der Waals surface area (Å²) in [4.78, 5) is 12.3. The van der Waals surface area contributed by atoms with E-state index in [1.165, 1.54) is 6.07 Å². The Balaban J connectivity index is 1.77. The number of hydrogen-bond acceptors (Lipinski definition) is 3. The van der Waals surface area contributed by atoms with Crippen LogP contribution in [-0.2, 0) is 18.3 Å². The Kier molecular flexibility index (Phi) is 4.63. The first-order chi connectivity index (χ1) is 12.3. The van der Waals surface area contributed by atoms with Crippen LogP contribution in [0.25, 0.3) is 5.69 Å². The number of aromatic nitrogens is 4. The van der Waals surface area contributed by atoms with Crippen molar-refractivity contribution < 1.29 is 9.18 Å². The molecule has 0 radical (unpaired) electrons. The summed E-state index contributed by atoms with van der Waals surface area (Å²) in [6.07, 6.45) is 0.201. The molecule has 1 amide bonds. The van der Waals surface area contributed by atoms with Crippen molar-refractivity contribution in [2.24, 2.45) is 7.05 Å². The zero-order chi connectivity index (χ0) is 19.0. The summed E-state index contributed by atoms with van der Waals surface area (Å²) in [5, 5.41) is 11.3. The zero-order valence-corrected chi connectivity index (χ0v) is 15.6. The molecule has 3 rings (SSSR count). The predicted molar refractivity (Wildman–Crippen MR) is 98.0 cm³/mol. The average molecular weight is 355 g/mol. The van der Waals surface area contributed by atoms with Gasteiger partial charge in [-0.2, -0.15) is 10.2 Å². The maximum absolute atomic E-state index is 14.5. The molecule has 26 heavy (non-hydrogen) atoms. The molecule has 0 bridgehead atoms. The van der Waals surface area contributed by atoms with Crippen LogP contribution in [-0.4, -0.2) is 25.5 Å². The van der Waals surface area contributed by atoms with Gasteiger partial charge < -0.3 is 5.32 Å². The van der Waals surface area contributed by atoms with E-state index in [0.717, 1.165) is 28.3 Å². The standard InChI is InChI=1S/C19H22FN5O/c1-11-8-12(2)25(22-11)18-7-6-15(9-17(18)20)21-19(26)10-16-13(3)23-24(5)14(16)4/h6-9H,10H2,1-5H3,(H,21,26). The minimum Gasteiger partial charge on any atom is -0.326 e. The maximum Gasteiger partial charge on any atom is 0.228 e. The lowest BCUT2D eigenvalue weighted by Crippen LogP contribution is -2.15. The van der Waals surface area contributed by atoms with Gasteiger partial charge in [-0.25, -0.2) is 9.07 Å². The number of aryl methyl sites for hydroxylation is 4. The maximum atomic E-state index is 14.5. The van der Waals surface area contributed by atoms with E-state index in [4.69, 9.17) is 0 Å². The van der Waals surface area contributed by atoms with Crippen molar-refractivity contribution in [2.75, 3.05) is 5.32 Å². The molecular formula is C19H22FN5O. The summed E-state index contributed by atoms with van der Waals surface area (Å²) in [5.41, 5.74) is 5.10. The highest BCUT2D eigenvalue weighted by Crippen LogP contribution is 2.20. The Morgan fingerprint density at radius 3 is 2.42 bits per heavy atom. The van der Waals surface area contributed by atoms with E-state index in [2.05, 4.69) is 15.5 Å². The normalized spacial score (nSPS) is 11.0. The van der Waals surface area contributed by atoms with Crippen LogP contribution in [0.5, 0.6) is 0 Å². The second-order valence-corrected chi connectivity index (χ2v) is 6.50. The fourth-order valence-corrected chi connectivity index (χ4v) is 3.07. The Morgan fingerprint density at radius 2 is 1.88 bits per heavy atom. The molecule has 2 aromatic heterocycles. The molecule has 0 aliphatic carbocycles. The third-order valence-corrected chi connectivity index (χ3v) is 4.47. The van der Waals surface area contributed by atoms with Gasteiger partial charge in [0.25, 0.3) is 0 Å². The van der Waals surface area contributed by atoms with Crippen molar-refractivity contribution in [3.63, 3.8) is 0 Å². The fourth-order valence-electron chi connectivity index (χ4n) is 3.07. The van der Waals surface area contributed by atoms with Gasteiger partial charge in [-0.15, -0.1) is 0 Å². The molecule has 136 valence electrons. The highest BCUT2D eigenvalue weighted by atomic mass is 19.1. The molecule has 0 spiro atoms. The van der Waals surface area contributed by atoms with Gasteiger partial charge in [-0.05, 0) is 52.0 Å². The first kappa shape index (κ1) is 17.8. The minimum absolute atomic E-state index is 0.201. The van der Waals surface area contributed by atoms with Crippen LogP contribution in [0.15, 0.2) is 24.3 Å². The molecule has 3 aromatic rings. The fraction of sp³-hybridized carbons (Fsp3) is 0.316. The van der Waals surface area contributed by atoms with E-state index in [1.54, 1.807) is 21.5 Å². The summed E-state index contributed by atoms with van der Waals surface area (Å²) in [6, 6.07) is 6.49. The molecule has 0 saturated carbocycles. The van der Waals surface area contributed by atoms with Crippen molar-refractivity contribution in [1.82, 2.24) is 19.6 Å². The van der Waals surface area contributed by atoms with E-state index < -0.39 is 5.82 Å². The SMILES string of the molecule is Cc1cc(C)n(-c2ccc(NC(=O)Cc3c(C)nn(C)c3C)cc2F)n1. The number of nitrogens with one attached hydrogen (secondary N) is 1. The van der Waals surface area contributed by atoms with E-state index in [9.17, 15) is 9.18 Å². The molecule has 0 aliphatic heterocycles. The topological polar surface area (TPSA) is 64.7 Å². The molecule has 1 aromatic carbocycles. The molecule has 0 fully saturated rings. The molecule has 0 atom stereocenters. The number of anilines is 1. The first-order valence-corrected chi connectivity index (χ1v) is 8.38. The molecule has 0 unspecified atom stereocenters. The van der Waals surface area contributed by atoms with Crippen molar-refractivity contribution in [3.05, 3.63) is 58.4 Å². The Morgan fingerprint density at radius 1 is 1.15 bits per heavy atom. The van der Waals surface area contributed by atoms with Crippen LogP contribution in [0, 0.1) is 33.5 Å². The van der Waals surface area contributed by atoms with Crippen molar-refractivity contribution in [2.45, 2.75) is 34.1 Å². The Hall–Kier alpha value is -2.96. The van der Waals surface area contributed by atoms with Crippen LogP contribution in [0.1, 0.15) is 28.3 Å². The minimum atomic E-state index is -0.442. The Bertz CT molecular complexity index is 986. The Labute approximate surface area is 151 Å². The number of halogens is 1. The highest BCUT2D eigenvalue weighted by Gasteiger charge is 2.15. The van der Waals surface area contributed by atoms with Crippen LogP contribution in [0.2, 0.25) is 0 Å². The van der Waals surface area contributed by atoms with Crippen molar-refractivity contribution >= 4 is 11.6 Å². The molecule has 6 nitrogen and oxygen atoms in total. The molecule has 7 heteroatoms. The first-order valence-electron chi connectivity index (χ1n) is 8.38. The summed E-state index contributed by atoms with van der Waals surface area (Å²) in [7, 11) is 1.84. The largest absolute Gasteiger partial charge is 0.326 e. The lowest BCUT2D eigenvalue weighted by Gasteiger charge is -2.10. The predicted octanol–water partition coefficient (Wildman–Crippen LogP) is 3.16. The number of benzene rings is 1. The van der Waals surface area contributed by atoms with Crippen molar-refractivity contribution in [1.29, 1.82) is 0 Å². The molecule has 0 aliphatic rings. The lowest BCUT2D eigenvalue weighted by atomic mass is 10.1. The van der Waals surface area contributed by atoms with E-state index in [0.29, 0.717) is 11.4 Å². The number of nitrogens with zero attached hydrogens (tertiary/aromatic N) is 4. The second kappa shape index (κ2) is 6.74. The van der Waals surface area contributed by atoms with Crippen molar-refractivity contribution in [3.8, 4) is 5.69 Å². The molecule has 1 N–H and O–H groups in total. The zero-order valence-electron chi connectivity index (χ0n) is 15.6. The van der Waals surface area contributed by atoms with Gasteiger partial charge in [0, 0.05) is 29.7 Å². The quantitative estimate of drug-likeness (QED) is 0.782. The van der Waals surface area contributed by atoms with Crippen LogP contribution >= 0.6 is 0 Å². The monoisotopic (exact) mass is 355 g/mol. The smallest absolute Gasteiger partial charge is 0.228 e. The van der Waals surface area contributed by atoms with Gasteiger partial charge in [0.2, 0.25) is 5.91 Å². The van der Waals surface area contributed by atoms with Gasteiger partial charge in [0.1, 0.15) is 5.69 Å². The number of carbonyl (C=O) groups excluding carboxylic acids is 1. The number of hydrogen-bond donors (Lipinski definition) is 1. The van der Waals surface area contributed by atoms with Gasteiger partial charge in [-0.3, -0.25) is 9.48 Å². The molecule has 2 heterocycles. The summed E-state index contributed by atoms with van der Waals surface area (Å²) in [6.45, 7) is 7.52. The van der Waals surface area contributed by atoms with E-state index in [1.807, 2.05) is 40.8 Å². The third-order valence-electron chi connectivity index (χ3n) is 4.47. The molecule has 0 saturated heterocycles. The number of rotatable bonds is 4. The third kappa shape index (κ3) is 3.37. The lowest BCUT2D eigenvalue weighted by molar-refractivity contribution is -0.115. The van der Waals surface area contributed by atoms with Gasteiger partial charge in [-0.1, -0.05) is 0 Å². The number of carbonyl (C=O) groups is 1. The summed E-state index contributed by atoms with van der Waals surface area (Å²) >= 11 is 0. The summed E-state index contributed by atoms with van der Waals surface area (Å²) < 4.78 is 17.8. The van der Waals surface area contributed by atoms with Crippen LogP contribution in [0.4, 0.5) is 10.1 Å². The average Bonchev–Trinajstić information content (AvgIpc) is 3.00. The van der Waals surface area contributed by atoms with Gasteiger partial charge >= 0.3 is 0 Å². The van der Waals surface area contributed by atoms with E-state index >= 15 is 0 Å². The van der Waals surface area contributed by atoms with E-state index in [-0.39, 0.29) is 12.3 Å². The summed E-state index contributed by atoms with van der Waals surface area (Å²) in [5.74, 6) is -0.648. The number of amides is 1. The second-order valence-electron chi connectivity index (χ2n) is 6.50. The van der Waals surface area contributed by atoms with Gasteiger partial charge in [0.05, 0.1) is 17.8 Å². The highest BCUT2D eigenvalue weighted by molar-refractivity contribution is 5.92. The van der Waals surface area contributed by atoms with Crippen LogP contribution < -0.4 is 5.32 Å². The van der Waals surface area contributed by atoms with Crippen LogP contribution in [0.3, 0.4) is 0 Å².